The second kappa shape index (κ2) is 7.79. The average Bonchev–Trinajstić information content (AvgIpc) is 2.46. The van der Waals surface area contributed by atoms with Gasteiger partial charge in [-0.3, -0.25) is 0 Å². The van der Waals surface area contributed by atoms with Gasteiger partial charge in [-0.1, -0.05) is 43.3 Å². The zero-order valence-corrected chi connectivity index (χ0v) is 14.4. The minimum absolute atomic E-state index is 0.399. The molecule has 0 amide bonds. The van der Waals surface area contributed by atoms with Gasteiger partial charge in [-0.2, -0.15) is 0 Å². The Labute approximate surface area is 135 Å². The molecule has 2 rings (SSSR count). The van der Waals surface area contributed by atoms with E-state index in [0.29, 0.717) is 6.04 Å². The molecule has 0 aromatic heterocycles. The van der Waals surface area contributed by atoms with Crippen LogP contribution in [0.4, 0.5) is 0 Å². The summed E-state index contributed by atoms with van der Waals surface area (Å²) < 4.78 is 1.29. The fourth-order valence-corrected chi connectivity index (χ4v) is 2.80. The lowest BCUT2D eigenvalue weighted by Gasteiger charge is -2.21. The van der Waals surface area contributed by atoms with Crippen molar-refractivity contribution in [2.75, 3.05) is 6.54 Å². The Hall–Kier alpha value is -0.870. The summed E-state index contributed by atoms with van der Waals surface area (Å²) in [5.74, 6) is 0. The number of hydrogen-bond donors (Lipinski definition) is 1. The molecule has 0 heterocycles. The van der Waals surface area contributed by atoms with E-state index in [1.807, 2.05) is 0 Å². The van der Waals surface area contributed by atoms with Crippen molar-refractivity contribution in [2.24, 2.45) is 0 Å². The summed E-state index contributed by atoms with van der Waals surface area (Å²) >= 11 is 2.35. The van der Waals surface area contributed by atoms with E-state index in [-0.39, 0.29) is 0 Å². The molecule has 20 heavy (non-hydrogen) atoms. The molecule has 2 aromatic rings. The Morgan fingerprint density at radius 3 is 2.40 bits per heavy atom. The van der Waals surface area contributed by atoms with Crippen LogP contribution in [0.15, 0.2) is 48.5 Å². The van der Waals surface area contributed by atoms with Crippen LogP contribution in [0.2, 0.25) is 0 Å². The highest BCUT2D eigenvalue weighted by Crippen LogP contribution is 2.22. The summed E-state index contributed by atoms with van der Waals surface area (Å²) in [6.07, 6.45) is 2.21. The van der Waals surface area contributed by atoms with Crippen LogP contribution in [0.1, 0.15) is 36.1 Å². The van der Waals surface area contributed by atoms with E-state index < -0.39 is 0 Å². The molecule has 2 heteroatoms. The highest BCUT2D eigenvalue weighted by atomic mass is 127. The molecule has 0 aliphatic rings. The number of aryl methyl sites for hydroxylation is 1. The minimum Gasteiger partial charge on any atom is -0.310 e. The summed E-state index contributed by atoms with van der Waals surface area (Å²) in [5, 5.41) is 3.69. The van der Waals surface area contributed by atoms with Crippen molar-refractivity contribution in [1.82, 2.24) is 5.32 Å². The third-order valence-electron chi connectivity index (χ3n) is 3.56. The van der Waals surface area contributed by atoms with Gasteiger partial charge in [0, 0.05) is 9.61 Å². The zero-order valence-electron chi connectivity index (χ0n) is 12.2. The summed E-state index contributed by atoms with van der Waals surface area (Å²) in [5.41, 5.74) is 4.17. The Kier molecular flexibility index (Phi) is 6.05. The Morgan fingerprint density at radius 2 is 1.75 bits per heavy atom. The van der Waals surface area contributed by atoms with Gasteiger partial charge in [0.05, 0.1) is 0 Å². The smallest absolute Gasteiger partial charge is 0.0363 e. The number of rotatable bonds is 6. The van der Waals surface area contributed by atoms with Crippen molar-refractivity contribution >= 4 is 22.6 Å². The first kappa shape index (κ1) is 15.5. The van der Waals surface area contributed by atoms with Crippen LogP contribution in [0.3, 0.4) is 0 Å². The molecule has 0 radical (unpaired) electrons. The molecule has 106 valence electrons. The van der Waals surface area contributed by atoms with Crippen molar-refractivity contribution in [3.8, 4) is 0 Å². The monoisotopic (exact) mass is 379 g/mol. The number of benzene rings is 2. The van der Waals surface area contributed by atoms with Crippen molar-refractivity contribution in [3.05, 3.63) is 68.8 Å². The second-order valence-corrected chi connectivity index (χ2v) is 6.44. The summed E-state index contributed by atoms with van der Waals surface area (Å²) in [6.45, 7) is 5.47. The Bertz CT molecular complexity index is 533. The van der Waals surface area contributed by atoms with Crippen molar-refractivity contribution in [2.45, 2.75) is 32.7 Å². The van der Waals surface area contributed by atoms with Crippen LogP contribution in [-0.2, 0) is 6.42 Å². The van der Waals surface area contributed by atoms with Gasteiger partial charge in [-0.25, -0.2) is 0 Å². The van der Waals surface area contributed by atoms with Crippen molar-refractivity contribution in [1.29, 1.82) is 0 Å². The number of halogens is 1. The number of hydrogen-bond acceptors (Lipinski definition) is 1. The number of nitrogens with one attached hydrogen (secondary N) is 1. The van der Waals surface area contributed by atoms with E-state index in [4.69, 9.17) is 0 Å². The van der Waals surface area contributed by atoms with E-state index in [1.165, 1.54) is 20.3 Å². The molecule has 0 saturated heterocycles. The normalized spacial score (nSPS) is 12.3. The van der Waals surface area contributed by atoms with E-state index >= 15 is 0 Å². The fourth-order valence-electron chi connectivity index (χ4n) is 2.44. The topological polar surface area (TPSA) is 12.0 Å². The SMILES string of the molecule is CCCNC(Cc1ccc(I)cc1)c1ccccc1C. The van der Waals surface area contributed by atoms with Gasteiger partial charge in [0.25, 0.3) is 0 Å². The van der Waals surface area contributed by atoms with Crippen LogP contribution in [0.25, 0.3) is 0 Å². The van der Waals surface area contributed by atoms with Gasteiger partial charge in [0.2, 0.25) is 0 Å². The predicted molar refractivity (Wildman–Crippen MR) is 95.1 cm³/mol. The van der Waals surface area contributed by atoms with Crippen LogP contribution >= 0.6 is 22.6 Å². The van der Waals surface area contributed by atoms with Crippen LogP contribution in [0.5, 0.6) is 0 Å². The van der Waals surface area contributed by atoms with Crippen LogP contribution < -0.4 is 5.32 Å². The predicted octanol–water partition coefficient (Wildman–Crippen LogP) is 4.88. The first-order valence-electron chi connectivity index (χ1n) is 7.24. The average molecular weight is 379 g/mol. The second-order valence-electron chi connectivity index (χ2n) is 5.19. The summed E-state index contributed by atoms with van der Waals surface area (Å²) in [6, 6.07) is 17.9. The Morgan fingerprint density at radius 1 is 1.05 bits per heavy atom. The van der Waals surface area contributed by atoms with Crippen molar-refractivity contribution < 1.29 is 0 Å². The molecule has 1 nitrogen and oxygen atoms in total. The quantitative estimate of drug-likeness (QED) is 0.706. The molecule has 1 atom stereocenters. The van der Waals surface area contributed by atoms with Gasteiger partial charge >= 0.3 is 0 Å². The summed E-state index contributed by atoms with van der Waals surface area (Å²) in [7, 11) is 0. The lowest BCUT2D eigenvalue weighted by Crippen LogP contribution is -2.24. The lowest BCUT2D eigenvalue weighted by molar-refractivity contribution is 0.527. The van der Waals surface area contributed by atoms with Gasteiger partial charge < -0.3 is 5.32 Å². The van der Waals surface area contributed by atoms with Gasteiger partial charge in [-0.15, -0.1) is 0 Å². The highest BCUT2D eigenvalue weighted by molar-refractivity contribution is 14.1. The largest absolute Gasteiger partial charge is 0.310 e. The van der Waals surface area contributed by atoms with E-state index in [2.05, 4.69) is 90.3 Å². The van der Waals surface area contributed by atoms with Gasteiger partial charge in [0.1, 0.15) is 0 Å². The zero-order chi connectivity index (χ0) is 14.4. The maximum atomic E-state index is 3.69. The molecule has 1 N–H and O–H groups in total. The molecule has 0 fully saturated rings. The minimum atomic E-state index is 0.399. The van der Waals surface area contributed by atoms with Gasteiger partial charge in [0.15, 0.2) is 0 Å². The first-order valence-corrected chi connectivity index (χ1v) is 8.32. The maximum absolute atomic E-state index is 3.69. The standard InChI is InChI=1S/C18H22IN/c1-3-12-20-18(17-7-5-4-6-14(17)2)13-15-8-10-16(19)11-9-15/h4-11,18,20H,3,12-13H2,1-2H3. The highest BCUT2D eigenvalue weighted by Gasteiger charge is 2.13. The maximum Gasteiger partial charge on any atom is 0.0363 e. The molecule has 0 bridgehead atoms. The van der Waals surface area contributed by atoms with E-state index in [0.717, 1.165) is 19.4 Å². The third kappa shape index (κ3) is 4.32. The van der Waals surface area contributed by atoms with Crippen molar-refractivity contribution in [3.63, 3.8) is 0 Å². The molecule has 0 aliphatic heterocycles. The molecule has 1 unspecified atom stereocenters. The van der Waals surface area contributed by atoms with Gasteiger partial charge in [-0.05, 0) is 77.7 Å². The molecule has 2 aromatic carbocycles. The van der Waals surface area contributed by atoms with E-state index in [1.54, 1.807) is 0 Å². The molecule has 0 saturated carbocycles. The lowest BCUT2D eigenvalue weighted by atomic mass is 9.95. The fraction of sp³-hybridized carbons (Fsp3) is 0.333. The Balaban J connectivity index is 2.19. The molecule has 0 aliphatic carbocycles. The first-order chi connectivity index (χ1) is 9.70. The molecular formula is C18H22IN. The van der Waals surface area contributed by atoms with E-state index in [9.17, 15) is 0 Å². The third-order valence-corrected chi connectivity index (χ3v) is 4.28. The molecular weight excluding hydrogens is 357 g/mol. The molecule has 0 spiro atoms. The summed E-state index contributed by atoms with van der Waals surface area (Å²) in [4.78, 5) is 0. The van der Waals surface area contributed by atoms with Crippen LogP contribution in [0, 0.1) is 10.5 Å². The van der Waals surface area contributed by atoms with Crippen LogP contribution in [-0.4, -0.2) is 6.54 Å².